The molecule has 2 amide bonds. The minimum absolute atomic E-state index is 0.154. The third kappa shape index (κ3) is 3.56. The van der Waals surface area contributed by atoms with Gasteiger partial charge in [0.25, 0.3) is 0 Å². The Morgan fingerprint density at radius 2 is 1.70 bits per heavy atom. The topological polar surface area (TPSA) is 59.1 Å². The van der Waals surface area contributed by atoms with Crippen LogP contribution in [-0.4, -0.2) is 52.9 Å². The fourth-order valence-electron chi connectivity index (χ4n) is 4.01. The average Bonchev–Trinajstić information content (AvgIpc) is 3.12. The molecule has 0 bridgehead atoms. The van der Waals surface area contributed by atoms with Crippen molar-refractivity contribution >= 4 is 12.2 Å². The molecule has 3 fully saturated rings. The molecule has 0 N–H and O–H groups in total. The first kappa shape index (κ1) is 16.4. The monoisotopic (exact) mass is 324 g/mol. The van der Waals surface area contributed by atoms with E-state index in [2.05, 4.69) is 0 Å². The predicted octanol–water partition coefficient (Wildman–Crippen LogP) is 3.35. The van der Waals surface area contributed by atoms with Crippen LogP contribution in [0.25, 0.3) is 0 Å². The average molecular weight is 324 g/mol. The van der Waals surface area contributed by atoms with E-state index in [1.807, 2.05) is 20.8 Å². The molecule has 130 valence electrons. The highest BCUT2D eigenvalue weighted by Crippen LogP contribution is 2.42. The van der Waals surface area contributed by atoms with Gasteiger partial charge in [0.15, 0.2) is 6.23 Å². The molecule has 0 aromatic heterocycles. The Morgan fingerprint density at radius 3 is 2.35 bits per heavy atom. The van der Waals surface area contributed by atoms with Crippen LogP contribution in [0.4, 0.5) is 9.59 Å². The van der Waals surface area contributed by atoms with E-state index in [0.29, 0.717) is 5.92 Å². The highest BCUT2D eigenvalue weighted by Gasteiger charge is 2.49. The molecule has 0 aromatic rings. The van der Waals surface area contributed by atoms with Gasteiger partial charge in [0.2, 0.25) is 0 Å². The number of carbonyl (C=O) groups excluding carboxylic acids is 2. The van der Waals surface area contributed by atoms with Crippen LogP contribution in [0.3, 0.4) is 0 Å². The lowest BCUT2D eigenvalue weighted by atomic mass is 10.0. The summed E-state index contributed by atoms with van der Waals surface area (Å²) in [6.07, 6.45) is 4.87. The van der Waals surface area contributed by atoms with Crippen LogP contribution in [0.2, 0.25) is 0 Å². The second kappa shape index (κ2) is 6.21. The molecule has 2 aliphatic heterocycles. The van der Waals surface area contributed by atoms with E-state index < -0.39 is 11.8 Å². The first-order valence-corrected chi connectivity index (χ1v) is 8.82. The van der Waals surface area contributed by atoms with Crippen molar-refractivity contribution < 1.29 is 19.1 Å². The maximum Gasteiger partial charge on any atom is 0.413 e. The Hall–Kier alpha value is -1.46. The van der Waals surface area contributed by atoms with Crippen molar-refractivity contribution in [2.45, 2.75) is 77.2 Å². The molecule has 23 heavy (non-hydrogen) atoms. The summed E-state index contributed by atoms with van der Waals surface area (Å²) in [4.78, 5) is 28.3. The number of carbonyl (C=O) groups is 2. The van der Waals surface area contributed by atoms with Gasteiger partial charge in [-0.05, 0) is 52.4 Å². The molecule has 6 heteroatoms. The van der Waals surface area contributed by atoms with Crippen molar-refractivity contribution in [2.24, 2.45) is 5.92 Å². The zero-order chi connectivity index (χ0) is 16.6. The summed E-state index contributed by atoms with van der Waals surface area (Å²) >= 11 is 0. The van der Waals surface area contributed by atoms with Crippen LogP contribution in [0, 0.1) is 5.92 Å². The molecule has 3 rings (SSSR count). The first-order chi connectivity index (χ1) is 10.8. The summed E-state index contributed by atoms with van der Waals surface area (Å²) < 4.78 is 11.2. The molecule has 1 aliphatic carbocycles. The van der Waals surface area contributed by atoms with Gasteiger partial charge < -0.3 is 14.4 Å². The second-order valence-electron chi connectivity index (χ2n) is 7.91. The number of rotatable bonds is 1. The van der Waals surface area contributed by atoms with Crippen molar-refractivity contribution in [3.05, 3.63) is 0 Å². The number of nitrogens with zero attached hydrogens (tertiary/aromatic N) is 2. The third-order valence-corrected chi connectivity index (χ3v) is 5.00. The summed E-state index contributed by atoms with van der Waals surface area (Å²) in [5.41, 5.74) is -0.544. The van der Waals surface area contributed by atoms with Gasteiger partial charge in [-0.3, -0.25) is 4.90 Å². The van der Waals surface area contributed by atoms with Crippen LogP contribution >= 0.6 is 0 Å². The Labute approximate surface area is 138 Å². The summed E-state index contributed by atoms with van der Waals surface area (Å²) in [5.74, 6) is 0.430. The van der Waals surface area contributed by atoms with Gasteiger partial charge in [0, 0.05) is 25.6 Å². The summed E-state index contributed by atoms with van der Waals surface area (Å²) in [6, 6.07) is 0.154. The van der Waals surface area contributed by atoms with E-state index in [9.17, 15) is 9.59 Å². The van der Waals surface area contributed by atoms with Gasteiger partial charge in [0.05, 0.1) is 0 Å². The number of hydrogen-bond donors (Lipinski definition) is 0. The molecule has 1 saturated carbocycles. The van der Waals surface area contributed by atoms with Gasteiger partial charge in [0.1, 0.15) is 5.60 Å². The van der Waals surface area contributed by atoms with Crippen LogP contribution in [0.5, 0.6) is 0 Å². The number of fused-ring (bicyclic) bond motifs is 1. The fraction of sp³-hybridized carbons (Fsp3) is 0.882. The van der Waals surface area contributed by atoms with Crippen LogP contribution in [0.1, 0.15) is 59.3 Å². The number of hydrogen-bond acceptors (Lipinski definition) is 4. The van der Waals surface area contributed by atoms with E-state index in [1.54, 1.807) is 9.80 Å². The molecular formula is C17H28N2O4. The van der Waals surface area contributed by atoms with E-state index in [1.165, 1.54) is 0 Å². The maximum absolute atomic E-state index is 12.6. The van der Waals surface area contributed by atoms with E-state index >= 15 is 0 Å². The quantitative estimate of drug-likeness (QED) is 0.742. The van der Waals surface area contributed by atoms with Gasteiger partial charge in [-0.25, -0.2) is 9.59 Å². The normalized spacial score (nSPS) is 30.5. The minimum Gasteiger partial charge on any atom is -0.444 e. The predicted molar refractivity (Wildman–Crippen MR) is 84.9 cm³/mol. The standard InChI is InChI=1S/C17H28N2O4/c1-17(2,3)23-16(21)19-13-8-6-7-12(13)11-14(19)22-15(20)18-9-4-5-10-18/h12-14H,4-11H2,1-3H3/t12-,13-,14-/m0/s1. The SMILES string of the molecule is CC(C)(C)OC(=O)N1[C@@H](OC(=O)N2CCCC2)C[C@@H]2CCC[C@@H]21. The van der Waals surface area contributed by atoms with E-state index in [0.717, 1.165) is 51.6 Å². The van der Waals surface area contributed by atoms with Crippen molar-refractivity contribution in [1.29, 1.82) is 0 Å². The number of ether oxygens (including phenoxy) is 2. The summed E-state index contributed by atoms with van der Waals surface area (Å²) in [5, 5.41) is 0. The van der Waals surface area contributed by atoms with Crippen LogP contribution in [-0.2, 0) is 9.47 Å². The second-order valence-corrected chi connectivity index (χ2v) is 7.91. The van der Waals surface area contributed by atoms with E-state index in [4.69, 9.17) is 9.47 Å². The van der Waals surface area contributed by atoms with E-state index in [-0.39, 0.29) is 18.2 Å². The molecule has 2 saturated heterocycles. The number of likely N-dealkylation sites (tertiary alicyclic amines) is 2. The zero-order valence-electron chi connectivity index (χ0n) is 14.4. The molecule has 0 radical (unpaired) electrons. The minimum atomic E-state index is -0.544. The van der Waals surface area contributed by atoms with Gasteiger partial charge in [-0.2, -0.15) is 0 Å². The molecule has 0 spiro atoms. The summed E-state index contributed by atoms with van der Waals surface area (Å²) in [6.45, 7) is 7.09. The Kier molecular flexibility index (Phi) is 4.43. The lowest BCUT2D eigenvalue weighted by Crippen LogP contribution is -2.47. The fourth-order valence-corrected chi connectivity index (χ4v) is 4.01. The third-order valence-electron chi connectivity index (χ3n) is 5.00. The first-order valence-electron chi connectivity index (χ1n) is 8.82. The molecule has 0 aromatic carbocycles. The number of amides is 2. The molecule has 2 heterocycles. The summed E-state index contributed by atoms with van der Waals surface area (Å²) in [7, 11) is 0. The zero-order valence-corrected chi connectivity index (χ0v) is 14.4. The van der Waals surface area contributed by atoms with Gasteiger partial charge in [-0.15, -0.1) is 0 Å². The highest BCUT2D eigenvalue weighted by atomic mass is 16.6. The largest absolute Gasteiger partial charge is 0.444 e. The van der Waals surface area contributed by atoms with Crippen molar-refractivity contribution in [1.82, 2.24) is 9.80 Å². The Bertz CT molecular complexity index is 468. The highest BCUT2D eigenvalue weighted by molar-refractivity contribution is 5.71. The Morgan fingerprint density at radius 1 is 1.00 bits per heavy atom. The van der Waals surface area contributed by atoms with Crippen LogP contribution in [0.15, 0.2) is 0 Å². The smallest absolute Gasteiger partial charge is 0.413 e. The van der Waals surface area contributed by atoms with Gasteiger partial charge >= 0.3 is 12.2 Å². The van der Waals surface area contributed by atoms with Crippen molar-refractivity contribution in [3.63, 3.8) is 0 Å². The Balaban J connectivity index is 1.69. The molecule has 0 unspecified atom stereocenters. The molecule has 3 aliphatic rings. The lowest BCUT2D eigenvalue weighted by molar-refractivity contribution is -0.0374. The van der Waals surface area contributed by atoms with Crippen molar-refractivity contribution in [2.75, 3.05) is 13.1 Å². The maximum atomic E-state index is 12.6. The van der Waals surface area contributed by atoms with Crippen LogP contribution < -0.4 is 0 Å². The van der Waals surface area contributed by atoms with Crippen molar-refractivity contribution in [3.8, 4) is 0 Å². The van der Waals surface area contributed by atoms with Gasteiger partial charge in [-0.1, -0.05) is 6.42 Å². The molecule has 6 nitrogen and oxygen atoms in total. The lowest BCUT2D eigenvalue weighted by Gasteiger charge is -2.32. The molecular weight excluding hydrogens is 296 g/mol. The molecule has 3 atom stereocenters.